The largest absolute Gasteiger partial charge is 0.295 e. The summed E-state index contributed by atoms with van der Waals surface area (Å²) in [5, 5.41) is 0. The predicted octanol–water partition coefficient (Wildman–Crippen LogP) is 4.17. The predicted molar refractivity (Wildman–Crippen MR) is 71.4 cm³/mol. The molecule has 0 bridgehead atoms. The topological polar surface area (TPSA) is 17.1 Å². The molecule has 0 aliphatic carbocycles. The van der Waals surface area contributed by atoms with E-state index in [-0.39, 0.29) is 5.78 Å². The molecule has 0 saturated heterocycles. The molecule has 0 aromatic heterocycles. The number of benzene rings is 2. The molecular formula is C16H16O. The molecule has 0 aliphatic rings. The van der Waals surface area contributed by atoms with Crippen molar-refractivity contribution in [3.05, 3.63) is 59.2 Å². The van der Waals surface area contributed by atoms with Gasteiger partial charge in [0.2, 0.25) is 0 Å². The Morgan fingerprint density at radius 2 is 1.76 bits per heavy atom. The van der Waals surface area contributed by atoms with Crippen molar-refractivity contribution in [2.75, 3.05) is 0 Å². The maximum absolute atomic E-state index is 11.4. The fourth-order valence-corrected chi connectivity index (χ4v) is 1.95. The highest BCUT2D eigenvalue weighted by atomic mass is 16.1. The number of hydrogen-bond donors (Lipinski definition) is 0. The minimum atomic E-state index is 0.108. The Labute approximate surface area is 102 Å². The molecule has 2 rings (SSSR count). The summed E-state index contributed by atoms with van der Waals surface area (Å²) in [7, 11) is 0. The van der Waals surface area contributed by atoms with Gasteiger partial charge in [-0.3, -0.25) is 4.79 Å². The van der Waals surface area contributed by atoms with E-state index in [1.165, 1.54) is 16.7 Å². The van der Waals surface area contributed by atoms with Crippen LogP contribution in [0.25, 0.3) is 11.1 Å². The normalized spacial score (nSPS) is 10.3. The third kappa shape index (κ3) is 2.44. The minimum absolute atomic E-state index is 0.108. The smallest absolute Gasteiger partial charge is 0.159 e. The van der Waals surface area contributed by atoms with Crippen LogP contribution in [-0.4, -0.2) is 5.78 Å². The third-order valence-corrected chi connectivity index (χ3v) is 2.97. The number of aryl methyl sites for hydroxylation is 2. The average Bonchev–Trinajstić information content (AvgIpc) is 2.32. The molecule has 17 heavy (non-hydrogen) atoms. The molecule has 0 amide bonds. The first-order valence-corrected chi connectivity index (χ1v) is 5.76. The number of ketones is 1. The molecule has 0 unspecified atom stereocenters. The summed E-state index contributed by atoms with van der Waals surface area (Å²) < 4.78 is 0. The van der Waals surface area contributed by atoms with E-state index in [4.69, 9.17) is 0 Å². The lowest BCUT2D eigenvalue weighted by Gasteiger charge is -2.08. The fourth-order valence-electron chi connectivity index (χ4n) is 1.95. The number of carbonyl (C=O) groups excluding carboxylic acids is 1. The monoisotopic (exact) mass is 224 g/mol. The molecular weight excluding hydrogens is 208 g/mol. The molecule has 0 aliphatic heterocycles. The van der Waals surface area contributed by atoms with Crippen LogP contribution in [-0.2, 0) is 0 Å². The van der Waals surface area contributed by atoms with Gasteiger partial charge in [-0.05, 0) is 43.5 Å². The lowest BCUT2D eigenvalue weighted by molar-refractivity contribution is 0.101. The molecule has 2 aromatic rings. The van der Waals surface area contributed by atoms with Crippen LogP contribution < -0.4 is 0 Å². The van der Waals surface area contributed by atoms with Gasteiger partial charge in [-0.2, -0.15) is 0 Å². The lowest BCUT2D eigenvalue weighted by Crippen LogP contribution is -1.92. The first-order chi connectivity index (χ1) is 8.08. The van der Waals surface area contributed by atoms with Crippen molar-refractivity contribution in [1.29, 1.82) is 0 Å². The van der Waals surface area contributed by atoms with Gasteiger partial charge in [0.1, 0.15) is 0 Å². The van der Waals surface area contributed by atoms with E-state index >= 15 is 0 Å². The second kappa shape index (κ2) is 4.54. The molecule has 0 spiro atoms. The van der Waals surface area contributed by atoms with Crippen LogP contribution in [0.2, 0.25) is 0 Å². The Balaban J connectivity index is 2.56. The van der Waals surface area contributed by atoms with Gasteiger partial charge in [0.25, 0.3) is 0 Å². The van der Waals surface area contributed by atoms with E-state index in [2.05, 4.69) is 32.0 Å². The van der Waals surface area contributed by atoms with Crippen LogP contribution in [0.5, 0.6) is 0 Å². The standard InChI is InChI=1S/C16H16O/c1-11-7-8-12(2)16(9-11)15-6-4-5-14(10-15)13(3)17/h4-10H,1-3H3. The summed E-state index contributed by atoms with van der Waals surface area (Å²) in [5.41, 5.74) is 5.55. The van der Waals surface area contributed by atoms with Crippen molar-refractivity contribution >= 4 is 5.78 Å². The summed E-state index contributed by atoms with van der Waals surface area (Å²) >= 11 is 0. The van der Waals surface area contributed by atoms with E-state index in [1.54, 1.807) is 6.92 Å². The Morgan fingerprint density at radius 1 is 1.00 bits per heavy atom. The molecule has 1 nitrogen and oxygen atoms in total. The molecule has 0 heterocycles. The van der Waals surface area contributed by atoms with E-state index in [1.807, 2.05) is 24.3 Å². The summed E-state index contributed by atoms with van der Waals surface area (Å²) in [6.07, 6.45) is 0. The number of Topliss-reactive ketones (excluding diaryl/α,β-unsaturated/α-hetero) is 1. The van der Waals surface area contributed by atoms with Crippen LogP contribution in [0, 0.1) is 13.8 Å². The van der Waals surface area contributed by atoms with Crippen molar-refractivity contribution < 1.29 is 4.79 Å². The number of hydrogen-bond acceptors (Lipinski definition) is 1. The summed E-state index contributed by atoms with van der Waals surface area (Å²) in [6.45, 7) is 5.77. The van der Waals surface area contributed by atoms with Gasteiger partial charge in [-0.25, -0.2) is 0 Å². The highest BCUT2D eigenvalue weighted by Crippen LogP contribution is 2.25. The number of carbonyl (C=O) groups is 1. The molecule has 0 radical (unpaired) electrons. The Bertz CT molecular complexity index is 567. The third-order valence-electron chi connectivity index (χ3n) is 2.97. The Hall–Kier alpha value is -1.89. The van der Waals surface area contributed by atoms with Gasteiger partial charge in [0.05, 0.1) is 0 Å². The Kier molecular flexibility index (Phi) is 3.10. The van der Waals surface area contributed by atoms with Gasteiger partial charge >= 0.3 is 0 Å². The van der Waals surface area contributed by atoms with Crippen molar-refractivity contribution in [1.82, 2.24) is 0 Å². The van der Waals surface area contributed by atoms with Gasteiger partial charge in [-0.1, -0.05) is 42.0 Å². The van der Waals surface area contributed by atoms with Gasteiger partial charge in [0.15, 0.2) is 5.78 Å². The SMILES string of the molecule is CC(=O)c1cccc(-c2cc(C)ccc2C)c1. The Morgan fingerprint density at radius 3 is 2.47 bits per heavy atom. The average molecular weight is 224 g/mol. The first-order valence-electron chi connectivity index (χ1n) is 5.76. The van der Waals surface area contributed by atoms with Crippen molar-refractivity contribution in [3.8, 4) is 11.1 Å². The van der Waals surface area contributed by atoms with Crippen LogP contribution in [0.1, 0.15) is 28.4 Å². The molecule has 0 saturated carbocycles. The van der Waals surface area contributed by atoms with Gasteiger partial charge in [0, 0.05) is 5.56 Å². The maximum Gasteiger partial charge on any atom is 0.159 e. The minimum Gasteiger partial charge on any atom is -0.295 e. The fraction of sp³-hybridized carbons (Fsp3) is 0.188. The quantitative estimate of drug-likeness (QED) is 0.699. The molecule has 0 atom stereocenters. The van der Waals surface area contributed by atoms with Crippen LogP contribution in [0.15, 0.2) is 42.5 Å². The molecule has 0 fully saturated rings. The summed E-state index contributed by atoms with van der Waals surface area (Å²) in [6, 6.07) is 14.2. The molecule has 2 aromatic carbocycles. The lowest BCUT2D eigenvalue weighted by atomic mass is 9.96. The zero-order valence-electron chi connectivity index (χ0n) is 10.4. The second-order valence-electron chi connectivity index (χ2n) is 4.46. The van der Waals surface area contributed by atoms with E-state index < -0.39 is 0 Å². The van der Waals surface area contributed by atoms with Gasteiger partial charge in [-0.15, -0.1) is 0 Å². The first kappa shape index (κ1) is 11.6. The van der Waals surface area contributed by atoms with Crippen molar-refractivity contribution in [2.24, 2.45) is 0 Å². The van der Waals surface area contributed by atoms with Crippen molar-refractivity contribution in [2.45, 2.75) is 20.8 Å². The van der Waals surface area contributed by atoms with Crippen molar-refractivity contribution in [3.63, 3.8) is 0 Å². The summed E-state index contributed by atoms with van der Waals surface area (Å²) in [4.78, 5) is 11.4. The highest BCUT2D eigenvalue weighted by Gasteiger charge is 2.05. The highest BCUT2D eigenvalue weighted by molar-refractivity contribution is 5.95. The second-order valence-corrected chi connectivity index (χ2v) is 4.46. The summed E-state index contributed by atoms with van der Waals surface area (Å²) in [5.74, 6) is 0.108. The zero-order valence-corrected chi connectivity index (χ0v) is 10.4. The van der Waals surface area contributed by atoms with Crippen LogP contribution in [0.3, 0.4) is 0 Å². The number of rotatable bonds is 2. The molecule has 0 N–H and O–H groups in total. The van der Waals surface area contributed by atoms with Gasteiger partial charge < -0.3 is 0 Å². The van der Waals surface area contributed by atoms with E-state index in [9.17, 15) is 4.79 Å². The maximum atomic E-state index is 11.4. The van der Waals surface area contributed by atoms with E-state index in [0.717, 1.165) is 11.1 Å². The van der Waals surface area contributed by atoms with Crippen LogP contribution in [0.4, 0.5) is 0 Å². The van der Waals surface area contributed by atoms with Crippen LogP contribution >= 0.6 is 0 Å². The molecule has 86 valence electrons. The zero-order chi connectivity index (χ0) is 12.4. The van der Waals surface area contributed by atoms with E-state index in [0.29, 0.717) is 0 Å². The molecule has 1 heteroatoms.